The van der Waals surface area contributed by atoms with E-state index in [-0.39, 0.29) is 6.03 Å². The molecule has 5 nitrogen and oxygen atoms in total. The van der Waals surface area contributed by atoms with Crippen molar-refractivity contribution in [3.63, 3.8) is 0 Å². The summed E-state index contributed by atoms with van der Waals surface area (Å²) in [5, 5.41) is 5.52. The van der Waals surface area contributed by atoms with Crippen LogP contribution < -0.4 is 10.6 Å². The lowest BCUT2D eigenvalue weighted by Crippen LogP contribution is -2.51. The number of allylic oxidation sites excluding steroid dienone is 3. The lowest BCUT2D eigenvalue weighted by atomic mass is 10.2. The van der Waals surface area contributed by atoms with Crippen molar-refractivity contribution in [3.8, 4) is 0 Å². The van der Waals surface area contributed by atoms with Gasteiger partial charge in [-0.05, 0) is 6.92 Å². The van der Waals surface area contributed by atoms with Crippen molar-refractivity contribution >= 4 is 11.9 Å². The highest BCUT2D eigenvalue weighted by atomic mass is 16.2. The van der Waals surface area contributed by atoms with Crippen LogP contribution in [0.3, 0.4) is 0 Å². The summed E-state index contributed by atoms with van der Waals surface area (Å²) in [6.07, 6.45) is 6.47. The summed E-state index contributed by atoms with van der Waals surface area (Å²) in [5.74, 6) is -0.406. The van der Waals surface area contributed by atoms with E-state index in [2.05, 4.69) is 17.2 Å². The van der Waals surface area contributed by atoms with E-state index >= 15 is 0 Å². The van der Waals surface area contributed by atoms with Crippen molar-refractivity contribution < 1.29 is 9.59 Å². The smallest absolute Gasteiger partial charge is 0.322 e. The molecule has 0 saturated carbocycles. The molecule has 1 aliphatic rings. The number of rotatable bonds is 3. The van der Waals surface area contributed by atoms with Gasteiger partial charge in [0.25, 0.3) is 5.91 Å². The van der Waals surface area contributed by atoms with Crippen LogP contribution >= 0.6 is 0 Å². The molecule has 5 heteroatoms. The Hall–Kier alpha value is -1.88. The molecule has 0 radical (unpaired) electrons. The third-order valence-electron chi connectivity index (χ3n) is 2.53. The van der Waals surface area contributed by atoms with Crippen LogP contribution in [0.25, 0.3) is 0 Å². The molecule has 0 aromatic carbocycles. The fraction of sp³-hybridized carbons (Fsp3) is 0.385. The average molecular weight is 249 g/mol. The number of hydrogen-bond acceptors (Lipinski definition) is 3. The van der Waals surface area contributed by atoms with Gasteiger partial charge in [-0.3, -0.25) is 10.1 Å². The van der Waals surface area contributed by atoms with E-state index in [1.165, 1.54) is 6.08 Å². The molecule has 1 rings (SSSR count). The third-order valence-corrected chi connectivity index (χ3v) is 2.53. The van der Waals surface area contributed by atoms with E-state index in [0.29, 0.717) is 18.7 Å². The molecule has 1 aliphatic heterocycles. The zero-order valence-electron chi connectivity index (χ0n) is 10.6. The monoisotopic (exact) mass is 249 g/mol. The van der Waals surface area contributed by atoms with Crippen molar-refractivity contribution in [2.45, 2.75) is 6.92 Å². The minimum absolute atomic E-state index is 0.346. The van der Waals surface area contributed by atoms with Crippen LogP contribution in [0.1, 0.15) is 6.92 Å². The largest absolute Gasteiger partial charge is 0.324 e. The molecule has 0 spiro atoms. The van der Waals surface area contributed by atoms with Gasteiger partial charge in [-0.25, -0.2) is 4.79 Å². The summed E-state index contributed by atoms with van der Waals surface area (Å²) in [5.41, 5.74) is 0.413. The van der Waals surface area contributed by atoms with Gasteiger partial charge in [0, 0.05) is 31.8 Å². The van der Waals surface area contributed by atoms with E-state index in [0.717, 1.165) is 13.1 Å². The summed E-state index contributed by atoms with van der Waals surface area (Å²) in [6.45, 7) is 8.09. The van der Waals surface area contributed by atoms with Crippen LogP contribution in [0.15, 0.2) is 36.5 Å². The molecule has 1 saturated heterocycles. The maximum absolute atomic E-state index is 11.8. The zero-order chi connectivity index (χ0) is 13.4. The Morgan fingerprint density at radius 3 is 2.56 bits per heavy atom. The number of piperazine rings is 1. The van der Waals surface area contributed by atoms with Gasteiger partial charge >= 0.3 is 6.03 Å². The molecule has 2 N–H and O–H groups in total. The quantitative estimate of drug-likeness (QED) is 0.575. The van der Waals surface area contributed by atoms with Gasteiger partial charge in [-0.1, -0.05) is 30.9 Å². The van der Waals surface area contributed by atoms with Crippen LogP contribution in [-0.4, -0.2) is 43.0 Å². The fourth-order valence-corrected chi connectivity index (χ4v) is 1.63. The second-order valence-corrected chi connectivity index (χ2v) is 3.85. The Bertz CT molecular complexity index is 380. The van der Waals surface area contributed by atoms with Gasteiger partial charge in [-0.15, -0.1) is 0 Å². The molecule has 1 heterocycles. The topological polar surface area (TPSA) is 61.4 Å². The van der Waals surface area contributed by atoms with Crippen LogP contribution in [-0.2, 0) is 4.79 Å². The lowest BCUT2D eigenvalue weighted by molar-refractivity contribution is -0.116. The average Bonchev–Trinajstić information content (AvgIpc) is 2.39. The molecule has 1 fully saturated rings. The molecular formula is C13H19N3O2. The van der Waals surface area contributed by atoms with Crippen LogP contribution in [0.2, 0.25) is 0 Å². The van der Waals surface area contributed by atoms with E-state index < -0.39 is 5.91 Å². The van der Waals surface area contributed by atoms with Gasteiger partial charge in [0.15, 0.2) is 0 Å². The minimum atomic E-state index is -0.406. The summed E-state index contributed by atoms with van der Waals surface area (Å²) in [7, 11) is 0. The predicted octanol–water partition coefficient (Wildman–Crippen LogP) is 0.816. The Labute approximate surface area is 107 Å². The van der Waals surface area contributed by atoms with Crippen molar-refractivity contribution in [1.82, 2.24) is 15.5 Å². The Morgan fingerprint density at radius 2 is 2.00 bits per heavy atom. The summed E-state index contributed by atoms with van der Waals surface area (Å²) in [6, 6.07) is -0.346. The predicted molar refractivity (Wildman–Crippen MR) is 71.1 cm³/mol. The molecule has 0 unspecified atom stereocenters. The van der Waals surface area contributed by atoms with Crippen LogP contribution in [0.4, 0.5) is 4.79 Å². The molecule has 0 bridgehead atoms. The number of carbonyl (C=O) groups excluding carboxylic acids is 2. The molecule has 0 aromatic rings. The number of imide groups is 1. The van der Waals surface area contributed by atoms with Crippen molar-refractivity contribution in [3.05, 3.63) is 36.5 Å². The molecule has 0 atom stereocenters. The zero-order valence-corrected chi connectivity index (χ0v) is 10.6. The molecule has 18 heavy (non-hydrogen) atoms. The van der Waals surface area contributed by atoms with Gasteiger partial charge in [0.2, 0.25) is 0 Å². The van der Waals surface area contributed by atoms with Gasteiger partial charge in [-0.2, -0.15) is 0 Å². The van der Waals surface area contributed by atoms with Crippen LogP contribution in [0, 0.1) is 0 Å². The standard InChI is InChI=1S/C13H19N3O2/c1-3-5-11(6-4-2)12(17)15-13(18)16-9-7-14-8-10-16/h3-6,14H,1,7-10H2,2H3,(H,15,17,18)/b6-4-,11-5+. The van der Waals surface area contributed by atoms with Crippen LogP contribution in [0.5, 0.6) is 0 Å². The maximum Gasteiger partial charge on any atom is 0.324 e. The summed E-state index contributed by atoms with van der Waals surface area (Å²) < 4.78 is 0. The number of nitrogens with zero attached hydrogens (tertiary/aromatic N) is 1. The second-order valence-electron chi connectivity index (χ2n) is 3.85. The van der Waals surface area contributed by atoms with E-state index in [9.17, 15) is 9.59 Å². The fourth-order valence-electron chi connectivity index (χ4n) is 1.63. The number of urea groups is 1. The minimum Gasteiger partial charge on any atom is -0.322 e. The van der Waals surface area contributed by atoms with E-state index in [4.69, 9.17) is 0 Å². The Kier molecular flexibility index (Phi) is 5.87. The Balaban J connectivity index is 2.59. The molecular weight excluding hydrogens is 230 g/mol. The highest BCUT2D eigenvalue weighted by Gasteiger charge is 2.18. The lowest BCUT2D eigenvalue weighted by Gasteiger charge is -2.27. The molecule has 0 aromatic heterocycles. The molecule has 3 amide bonds. The first kappa shape index (κ1) is 14.2. The van der Waals surface area contributed by atoms with Crippen molar-refractivity contribution in [1.29, 1.82) is 0 Å². The highest BCUT2D eigenvalue weighted by molar-refractivity contribution is 6.05. The molecule has 98 valence electrons. The van der Waals surface area contributed by atoms with Gasteiger partial charge in [0.05, 0.1) is 0 Å². The van der Waals surface area contributed by atoms with Crippen molar-refractivity contribution in [2.24, 2.45) is 0 Å². The highest BCUT2D eigenvalue weighted by Crippen LogP contribution is 2.00. The van der Waals surface area contributed by atoms with E-state index in [1.807, 2.05) is 6.92 Å². The summed E-state index contributed by atoms with van der Waals surface area (Å²) in [4.78, 5) is 25.3. The normalized spacial score (nSPS) is 16.7. The number of carbonyl (C=O) groups is 2. The molecule has 0 aliphatic carbocycles. The first-order valence-electron chi connectivity index (χ1n) is 5.95. The second kappa shape index (κ2) is 7.45. The van der Waals surface area contributed by atoms with Crippen molar-refractivity contribution in [2.75, 3.05) is 26.2 Å². The SMILES string of the molecule is C=C/C=C(\C=C/C)C(=O)NC(=O)N1CCNCC1. The maximum atomic E-state index is 11.8. The van der Waals surface area contributed by atoms with E-state index in [1.54, 1.807) is 23.1 Å². The number of amides is 3. The summed E-state index contributed by atoms with van der Waals surface area (Å²) >= 11 is 0. The number of hydrogen-bond donors (Lipinski definition) is 2. The van der Waals surface area contributed by atoms with Gasteiger partial charge < -0.3 is 10.2 Å². The third kappa shape index (κ3) is 4.18. The first-order valence-corrected chi connectivity index (χ1v) is 5.95. The Morgan fingerprint density at radius 1 is 1.33 bits per heavy atom. The number of nitrogens with one attached hydrogen (secondary N) is 2. The first-order chi connectivity index (χ1) is 8.69. The van der Waals surface area contributed by atoms with Gasteiger partial charge in [0.1, 0.15) is 0 Å².